The number of aliphatic imine (C=N–C) groups is 1. The van der Waals surface area contributed by atoms with Crippen LogP contribution in [-0.4, -0.2) is 47.3 Å². The third kappa shape index (κ3) is 7.49. The van der Waals surface area contributed by atoms with Gasteiger partial charge >= 0.3 is 5.97 Å². The maximum atomic E-state index is 12.0. The van der Waals surface area contributed by atoms with Crippen LogP contribution in [0, 0.1) is 6.92 Å². The van der Waals surface area contributed by atoms with Crippen molar-refractivity contribution >= 4 is 47.2 Å². The molecule has 0 aliphatic carbocycles. The van der Waals surface area contributed by atoms with Crippen molar-refractivity contribution in [1.82, 2.24) is 25.8 Å². The van der Waals surface area contributed by atoms with Crippen molar-refractivity contribution in [3.8, 4) is 0 Å². The van der Waals surface area contributed by atoms with Gasteiger partial charge in [0.2, 0.25) is 5.89 Å². The molecule has 0 radical (unpaired) electrons. The van der Waals surface area contributed by atoms with Crippen molar-refractivity contribution in [3.05, 3.63) is 27.3 Å². The number of esters is 1. The Kier molecular flexibility index (Phi) is 11.2. The number of guanidine groups is 1. The molecule has 168 valence electrons. The van der Waals surface area contributed by atoms with Gasteiger partial charge < -0.3 is 19.9 Å². The molecule has 0 aliphatic heterocycles. The van der Waals surface area contributed by atoms with E-state index in [-0.39, 0.29) is 41.9 Å². The molecule has 2 aromatic heterocycles. The van der Waals surface area contributed by atoms with Crippen molar-refractivity contribution in [3.63, 3.8) is 0 Å². The Hall–Kier alpha value is -1.76. The Labute approximate surface area is 198 Å². The molecule has 0 bridgehead atoms. The van der Waals surface area contributed by atoms with Crippen LogP contribution in [0.5, 0.6) is 0 Å². The number of nitrogens with one attached hydrogen (secondary N) is 2. The number of aryl methyl sites for hydroxylation is 2. The molecule has 0 aliphatic rings. The monoisotopic (exact) mass is 550 g/mol. The highest BCUT2D eigenvalue weighted by Gasteiger charge is 2.20. The number of carbonyl (C=O) groups is 1. The second-order valence-electron chi connectivity index (χ2n) is 6.86. The molecule has 0 fully saturated rings. The molecule has 0 saturated carbocycles. The highest BCUT2D eigenvalue weighted by Crippen LogP contribution is 2.24. The first-order chi connectivity index (χ1) is 13.8. The zero-order chi connectivity index (χ0) is 21.4. The first-order valence-electron chi connectivity index (χ1n) is 9.79. The van der Waals surface area contributed by atoms with Crippen molar-refractivity contribution in [2.45, 2.75) is 59.4 Å². The van der Waals surface area contributed by atoms with Gasteiger partial charge in [0.05, 0.1) is 18.3 Å². The van der Waals surface area contributed by atoms with Gasteiger partial charge in [0.15, 0.2) is 11.8 Å². The predicted molar refractivity (Wildman–Crippen MR) is 128 cm³/mol. The number of thiazole rings is 1. The lowest BCUT2D eigenvalue weighted by Gasteiger charge is -2.16. The summed E-state index contributed by atoms with van der Waals surface area (Å²) in [5.41, 5.74) is 0.681. The lowest BCUT2D eigenvalue weighted by Crippen LogP contribution is -2.39. The number of nitrogens with zero attached hydrogens (tertiary/aromatic N) is 4. The van der Waals surface area contributed by atoms with Crippen LogP contribution < -0.4 is 10.6 Å². The number of hydrogen-bond donors (Lipinski definition) is 2. The number of halogens is 1. The van der Waals surface area contributed by atoms with Gasteiger partial charge in [0.1, 0.15) is 9.88 Å². The third-order valence-electron chi connectivity index (χ3n) is 4.08. The summed E-state index contributed by atoms with van der Waals surface area (Å²) in [6, 6.07) is -0.0994. The van der Waals surface area contributed by atoms with E-state index in [1.165, 1.54) is 11.3 Å². The zero-order valence-corrected chi connectivity index (χ0v) is 21.5. The normalized spacial score (nSPS) is 12.4. The van der Waals surface area contributed by atoms with Gasteiger partial charge in [-0.15, -0.1) is 35.3 Å². The summed E-state index contributed by atoms with van der Waals surface area (Å²) in [5.74, 6) is 1.98. The first kappa shape index (κ1) is 26.3. The van der Waals surface area contributed by atoms with Gasteiger partial charge in [-0.25, -0.2) is 9.78 Å². The minimum absolute atomic E-state index is 0. The van der Waals surface area contributed by atoms with E-state index in [9.17, 15) is 4.79 Å². The number of hydrogen-bond acceptors (Lipinski definition) is 8. The fourth-order valence-electron chi connectivity index (χ4n) is 2.50. The van der Waals surface area contributed by atoms with E-state index in [4.69, 9.17) is 9.26 Å². The molecular formula is C19H31IN6O3S. The van der Waals surface area contributed by atoms with Crippen molar-refractivity contribution in [2.24, 2.45) is 4.99 Å². The maximum Gasteiger partial charge on any atom is 0.350 e. The Morgan fingerprint density at radius 1 is 1.30 bits per heavy atom. The summed E-state index contributed by atoms with van der Waals surface area (Å²) in [5, 5.41) is 11.3. The van der Waals surface area contributed by atoms with Gasteiger partial charge in [0.25, 0.3) is 0 Å². The van der Waals surface area contributed by atoms with Crippen LogP contribution in [0.15, 0.2) is 9.52 Å². The molecule has 1 atom stereocenters. The molecule has 30 heavy (non-hydrogen) atoms. The molecular weight excluding hydrogens is 519 g/mol. The smallest absolute Gasteiger partial charge is 0.350 e. The van der Waals surface area contributed by atoms with Crippen LogP contribution in [0.3, 0.4) is 0 Å². The quantitative estimate of drug-likeness (QED) is 0.160. The summed E-state index contributed by atoms with van der Waals surface area (Å²) in [6.07, 6.45) is 1.53. The Bertz CT molecular complexity index is 836. The molecule has 2 N–H and O–H groups in total. The fraction of sp³-hybridized carbons (Fsp3) is 0.632. The van der Waals surface area contributed by atoms with E-state index in [1.807, 2.05) is 27.7 Å². The molecule has 2 aromatic rings. The fourth-order valence-corrected chi connectivity index (χ4v) is 3.46. The van der Waals surface area contributed by atoms with Crippen LogP contribution in [0.4, 0.5) is 0 Å². The van der Waals surface area contributed by atoms with Gasteiger partial charge in [0, 0.05) is 25.9 Å². The minimum Gasteiger partial charge on any atom is -0.462 e. The molecule has 0 aromatic carbocycles. The highest BCUT2D eigenvalue weighted by molar-refractivity contribution is 14.0. The van der Waals surface area contributed by atoms with Gasteiger partial charge in [-0.1, -0.05) is 19.0 Å². The first-order valence-corrected chi connectivity index (χ1v) is 10.6. The van der Waals surface area contributed by atoms with Crippen LogP contribution in [0.1, 0.15) is 78.2 Å². The molecule has 0 saturated heterocycles. The van der Waals surface area contributed by atoms with E-state index in [0.717, 1.165) is 17.3 Å². The second kappa shape index (κ2) is 12.8. The topological polar surface area (TPSA) is 115 Å². The Balaban J connectivity index is 0.00000450. The summed E-state index contributed by atoms with van der Waals surface area (Å²) >= 11 is 1.34. The van der Waals surface area contributed by atoms with E-state index < -0.39 is 0 Å². The summed E-state index contributed by atoms with van der Waals surface area (Å²) < 4.78 is 10.3. The molecule has 9 nitrogen and oxygen atoms in total. The summed E-state index contributed by atoms with van der Waals surface area (Å²) in [6.45, 7) is 10.7. The average molecular weight is 550 g/mol. The van der Waals surface area contributed by atoms with Gasteiger partial charge in [-0.2, -0.15) is 4.98 Å². The molecule has 2 rings (SSSR count). The zero-order valence-electron chi connectivity index (χ0n) is 18.3. The van der Waals surface area contributed by atoms with E-state index >= 15 is 0 Å². The molecule has 0 amide bonds. The van der Waals surface area contributed by atoms with Crippen molar-refractivity contribution in [1.29, 1.82) is 0 Å². The lowest BCUT2D eigenvalue weighted by molar-refractivity contribution is 0.0531. The highest BCUT2D eigenvalue weighted by atomic mass is 127. The van der Waals surface area contributed by atoms with Crippen LogP contribution in [0.2, 0.25) is 0 Å². The van der Waals surface area contributed by atoms with E-state index in [2.05, 4.69) is 30.8 Å². The Morgan fingerprint density at radius 3 is 2.63 bits per heavy atom. The third-order valence-corrected chi connectivity index (χ3v) is 5.40. The predicted octanol–water partition coefficient (Wildman–Crippen LogP) is 3.61. The lowest BCUT2D eigenvalue weighted by atomic mass is 10.2. The number of carbonyl (C=O) groups excluding carboxylic acids is 1. The van der Waals surface area contributed by atoms with Gasteiger partial charge in [-0.3, -0.25) is 4.99 Å². The van der Waals surface area contributed by atoms with Crippen molar-refractivity contribution in [2.75, 3.05) is 20.2 Å². The average Bonchev–Trinajstić information content (AvgIpc) is 3.31. The molecule has 2 heterocycles. The molecule has 0 spiro atoms. The minimum atomic E-state index is -0.329. The molecule has 11 heteroatoms. The van der Waals surface area contributed by atoms with Crippen molar-refractivity contribution < 1.29 is 14.1 Å². The Morgan fingerprint density at radius 2 is 2.03 bits per heavy atom. The molecule has 1 unspecified atom stereocenters. The summed E-state index contributed by atoms with van der Waals surface area (Å²) in [7, 11) is 1.71. The van der Waals surface area contributed by atoms with Crippen LogP contribution in [0.25, 0.3) is 0 Å². The van der Waals surface area contributed by atoms with Gasteiger partial charge in [-0.05, 0) is 27.2 Å². The SMILES string of the molecule is CCOC(=O)c1sc(C(C)NC(=NC)NCCCc2nc(C(C)C)no2)nc1C.I. The second-order valence-corrected chi connectivity index (χ2v) is 7.89. The maximum absolute atomic E-state index is 12.0. The number of rotatable bonds is 9. The van der Waals surface area contributed by atoms with E-state index in [1.54, 1.807) is 14.0 Å². The van der Waals surface area contributed by atoms with Crippen LogP contribution in [-0.2, 0) is 11.2 Å². The largest absolute Gasteiger partial charge is 0.462 e. The van der Waals surface area contributed by atoms with E-state index in [0.29, 0.717) is 42.0 Å². The summed E-state index contributed by atoms with van der Waals surface area (Å²) in [4.78, 5) is 25.6. The standard InChI is InChI=1S/C19H30N6O3S.HI/c1-7-27-18(26)15-12(4)22-17(29-15)13(5)23-19(20-6)21-10-8-9-14-24-16(11(2)3)25-28-14;/h11,13H,7-10H2,1-6H3,(H2,20,21,23);1H. The number of ether oxygens (including phenoxy) is 1. The van der Waals surface area contributed by atoms with Crippen LogP contribution >= 0.6 is 35.3 Å². The number of aromatic nitrogens is 3.